The van der Waals surface area contributed by atoms with Gasteiger partial charge in [-0.1, -0.05) is 13.0 Å². The summed E-state index contributed by atoms with van der Waals surface area (Å²) in [4.78, 5) is 25.3. The maximum absolute atomic E-state index is 13.8. The lowest BCUT2D eigenvalue weighted by Crippen LogP contribution is -2.55. The first kappa shape index (κ1) is 19.7. The van der Waals surface area contributed by atoms with Crippen molar-refractivity contribution in [1.29, 1.82) is 0 Å². The molecule has 0 aromatic heterocycles. The van der Waals surface area contributed by atoms with E-state index >= 15 is 0 Å². The van der Waals surface area contributed by atoms with Gasteiger partial charge in [-0.15, -0.1) is 0 Å². The zero-order valence-corrected chi connectivity index (χ0v) is 15.5. The van der Waals surface area contributed by atoms with Crippen molar-refractivity contribution in [3.05, 3.63) is 35.4 Å². The van der Waals surface area contributed by atoms with Crippen LogP contribution in [0.15, 0.2) is 18.2 Å². The number of carboxylic acids is 1. The average Bonchev–Trinajstić information content (AvgIpc) is 3.33. The summed E-state index contributed by atoms with van der Waals surface area (Å²) < 4.78 is 26.8. The van der Waals surface area contributed by atoms with Gasteiger partial charge >= 0.3 is 5.97 Å². The number of carbonyl (C=O) groups excluding carboxylic acids is 1. The highest BCUT2D eigenvalue weighted by molar-refractivity contribution is 5.77. The normalized spacial score (nSPS) is 23.0. The molecule has 2 fully saturated rings. The summed E-state index contributed by atoms with van der Waals surface area (Å²) in [6, 6.07) is 3.63. The topological polar surface area (TPSA) is 69.6 Å². The summed E-state index contributed by atoms with van der Waals surface area (Å²) in [5.41, 5.74) is 0.329. The third kappa shape index (κ3) is 5.48. The van der Waals surface area contributed by atoms with E-state index in [9.17, 15) is 18.4 Å². The van der Waals surface area contributed by atoms with Crippen LogP contribution in [0.5, 0.6) is 0 Å². The number of benzene rings is 1. The van der Waals surface area contributed by atoms with Crippen molar-refractivity contribution < 1.29 is 23.5 Å². The molecule has 0 heterocycles. The molecule has 1 aromatic carbocycles. The van der Waals surface area contributed by atoms with Gasteiger partial charge < -0.3 is 10.4 Å². The van der Waals surface area contributed by atoms with Crippen molar-refractivity contribution in [2.45, 2.75) is 57.0 Å². The first-order valence-corrected chi connectivity index (χ1v) is 9.52. The molecular weight excluding hydrogens is 354 g/mol. The van der Waals surface area contributed by atoms with E-state index in [-0.39, 0.29) is 36.9 Å². The summed E-state index contributed by atoms with van der Waals surface area (Å²) in [5, 5.41) is 12.0. The van der Waals surface area contributed by atoms with Gasteiger partial charge in [0.2, 0.25) is 5.91 Å². The number of hydrogen-bond acceptors (Lipinski definition) is 3. The maximum atomic E-state index is 13.8. The molecule has 1 unspecified atom stereocenters. The minimum Gasteiger partial charge on any atom is -0.480 e. The number of rotatable bonds is 9. The molecule has 0 bridgehead atoms. The molecule has 0 saturated heterocycles. The number of halogens is 2. The number of aliphatic carboxylic acids is 1. The second-order valence-electron chi connectivity index (χ2n) is 7.93. The van der Waals surface area contributed by atoms with Gasteiger partial charge in [-0.3, -0.25) is 14.5 Å². The van der Waals surface area contributed by atoms with Gasteiger partial charge in [0.25, 0.3) is 0 Å². The van der Waals surface area contributed by atoms with Crippen LogP contribution in [0.3, 0.4) is 0 Å². The monoisotopic (exact) mass is 380 g/mol. The average molecular weight is 380 g/mol. The minimum absolute atomic E-state index is 0.0308. The fourth-order valence-electron chi connectivity index (χ4n) is 3.73. The van der Waals surface area contributed by atoms with Gasteiger partial charge in [0.1, 0.15) is 11.6 Å². The fourth-order valence-corrected chi connectivity index (χ4v) is 3.73. The highest BCUT2D eigenvalue weighted by Gasteiger charge is 2.37. The van der Waals surface area contributed by atoms with Crippen LogP contribution >= 0.6 is 0 Å². The molecule has 2 N–H and O–H groups in total. The summed E-state index contributed by atoms with van der Waals surface area (Å²) in [5.74, 6) is -1.99. The highest BCUT2D eigenvalue weighted by atomic mass is 19.1. The van der Waals surface area contributed by atoms with Crippen molar-refractivity contribution in [3.63, 3.8) is 0 Å². The summed E-state index contributed by atoms with van der Waals surface area (Å²) in [7, 11) is 0. The van der Waals surface area contributed by atoms with Gasteiger partial charge in [-0.25, -0.2) is 8.78 Å². The Balaban J connectivity index is 1.44. The van der Waals surface area contributed by atoms with Crippen LogP contribution in [0.4, 0.5) is 8.78 Å². The Labute approximate surface area is 157 Å². The number of amides is 1. The van der Waals surface area contributed by atoms with Gasteiger partial charge in [0, 0.05) is 31.1 Å². The van der Waals surface area contributed by atoms with Crippen LogP contribution in [0, 0.1) is 17.6 Å². The molecule has 2 aliphatic carbocycles. The predicted octanol–water partition coefficient (Wildman–Crippen LogP) is 2.90. The van der Waals surface area contributed by atoms with E-state index in [0.717, 1.165) is 25.5 Å². The van der Waals surface area contributed by atoms with Crippen molar-refractivity contribution in [2.75, 3.05) is 13.1 Å². The number of hydrogen-bond donors (Lipinski definition) is 2. The van der Waals surface area contributed by atoms with Gasteiger partial charge in [-0.05, 0) is 49.1 Å². The van der Waals surface area contributed by atoms with Crippen molar-refractivity contribution in [2.24, 2.45) is 5.92 Å². The number of carbonyl (C=O) groups is 2. The number of nitrogens with zero attached hydrogens (tertiary/aromatic N) is 1. The molecule has 0 aliphatic heterocycles. The fraction of sp³-hybridized carbons (Fsp3) is 0.600. The molecule has 2 aliphatic rings. The van der Waals surface area contributed by atoms with E-state index in [2.05, 4.69) is 5.32 Å². The minimum atomic E-state index is -0.821. The SMILES string of the molecule is CC(CC(=O)NC1CC(N(CC(=O)O)CC2CC2)C1)c1ccc(F)cc1F. The maximum Gasteiger partial charge on any atom is 0.317 e. The molecule has 0 radical (unpaired) electrons. The molecule has 3 rings (SSSR count). The van der Waals surface area contributed by atoms with Crippen LogP contribution in [-0.2, 0) is 9.59 Å². The second-order valence-corrected chi connectivity index (χ2v) is 7.93. The molecule has 1 atom stereocenters. The molecule has 148 valence electrons. The predicted molar refractivity (Wildman–Crippen MR) is 96.3 cm³/mol. The van der Waals surface area contributed by atoms with E-state index in [1.165, 1.54) is 25.0 Å². The number of nitrogens with one attached hydrogen (secondary N) is 1. The zero-order valence-electron chi connectivity index (χ0n) is 15.5. The molecule has 7 heteroatoms. The van der Waals surface area contributed by atoms with E-state index in [1.54, 1.807) is 6.92 Å². The Morgan fingerprint density at radius 2 is 2.00 bits per heavy atom. The Kier molecular flexibility index (Phi) is 6.09. The molecule has 0 spiro atoms. The third-order valence-electron chi connectivity index (χ3n) is 5.51. The van der Waals surface area contributed by atoms with Crippen LogP contribution in [0.1, 0.15) is 50.5 Å². The molecular formula is C20H26F2N2O3. The van der Waals surface area contributed by atoms with Crippen LogP contribution < -0.4 is 5.32 Å². The van der Waals surface area contributed by atoms with Crippen LogP contribution in [0.2, 0.25) is 0 Å². The van der Waals surface area contributed by atoms with Crippen molar-refractivity contribution in [1.82, 2.24) is 10.2 Å². The first-order chi connectivity index (χ1) is 12.8. The van der Waals surface area contributed by atoms with E-state index in [4.69, 9.17) is 5.11 Å². The quantitative estimate of drug-likeness (QED) is 0.691. The Bertz CT molecular complexity index is 702. The van der Waals surface area contributed by atoms with Crippen molar-refractivity contribution in [3.8, 4) is 0 Å². The standard InChI is InChI=1S/C20H26F2N2O3/c1-12(17-5-4-14(21)7-18(17)22)6-19(25)23-15-8-16(9-15)24(11-20(26)27)10-13-2-3-13/h4-5,7,12-13,15-16H,2-3,6,8-11H2,1H3,(H,23,25)(H,26,27). The van der Waals surface area contributed by atoms with Crippen LogP contribution in [0.25, 0.3) is 0 Å². The summed E-state index contributed by atoms with van der Waals surface area (Å²) in [6.45, 7) is 2.60. The first-order valence-electron chi connectivity index (χ1n) is 9.52. The molecule has 2 saturated carbocycles. The number of carboxylic acid groups (broad SMARTS) is 1. The summed E-state index contributed by atoms with van der Waals surface area (Å²) >= 11 is 0. The van der Waals surface area contributed by atoms with Crippen molar-refractivity contribution >= 4 is 11.9 Å². The third-order valence-corrected chi connectivity index (χ3v) is 5.51. The second kappa shape index (κ2) is 8.33. The van der Waals surface area contributed by atoms with E-state index < -0.39 is 17.6 Å². The lowest BCUT2D eigenvalue weighted by Gasteiger charge is -2.42. The molecule has 1 amide bonds. The smallest absolute Gasteiger partial charge is 0.317 e. The largest absolute Gasteiger partial charge is 0.480 e. The van der Waals surface area contributed by atoms with Gasteiger partial charge in [0.15, 0.2) is 0 Å². The molecule has 27 heavy (non-hydrogen) atoms. The lowest BCUT2D eigenvalue weighted by molar-refractivity contribution is -0.140. The Morgan fingerprint density at radius 1 is 1.30 bits per heavy atom. The highest BCUT2D eigenvalue weighted by Crippen LogP contribution is 2.34. The molecule has 5 nitrogen and oxygen atoms in total. The Morgan fingerprint density at radius 3 is 2.59 bits per heavy atom. The summed E-state index contributed by atoms with van der Waals surface area (Å²) in [6.07, 6.45) is 3.95. The van der Waals surface area contributed by atoms with Gasteiger partial charge in [0.05, 0.1) is 6.54 Å². The zero-order chi connectivity index (χ0) is 19.6. The van der Waals surface area contributed by atoms with E-state index in [1.807, 2.05) is 4.90 Å². The lowest BCUT2D eigenvalue weighted by atomic mass is 9.84. The molecule has 1 aromatic rings. The van der Waals surface area contributed by atoms with Crippen LogP contribution in [-0.4, -0.2) is 47.1 Å². The Hall–Kier alpha value is -2.02. The van der Waals surface area contributed by atoms with E-state index in [0.29, 0.717) is 11.5 Å². The van der Waals surface area contributed by atoms with Gasteiger partial charge in [-0.2, -0.15) is 0 Å².